The Morgan fingerprint density at radius 2 is 2.47 bits per heavy atom. The highest BCUT2D eigenvalue weighted by Gasteiger charge is 2.07. The van der Waals surface area contributed by atoms with E-state index >= 15 is 0 Å². The van der Waals surface area contributed by atoms with Gasteiger partial charge < -0.3 is 5.32 Å². The van der Waals surface area contributed by atoms with Crippen molar-refractivity contribution in [1.82, 2.24) is 30.5 Å². The van der Waals surface area contributed by atoms with Crippen molar-refractivity contribution in [2.24, 2.45) is 7.05 Å². The lowest BCUT2D eigenvalue weighted by atomic mass is 10.3. The molecule has 0 atom stereocenters. The minimum absolute atomic E-state index is 0.257. The SMILES string of the molecule is Cn1cc(CNC(=O)c2cn[nH]n2)cn1. The first kappa shape index (κ1) is 9.38. The van der Waals surface area contributed by atoms with Crippen LogP contribution >= 0.6 is 0 Å². The van der Waals surface area contributed by atoms with E-state index in [1.165, 1.54) is 6.20 Å². The van der Waals surface area contributed by atoms with Gasteiger partial charge in [-0.2, -0.15) is 20.5 Å². The van der Waals surface area contributed by atoms with E-state index in [1.807, 2.05) is 13.2 Å². The van der Waals surface area contributed by atoms with Crippen molar-refractivity contribution in [3.8, 4) is 0 Å². The average molecular weight is 206 g/mol. The zero-order valence-corrected chi connectivity index (χ0v) is 8.14. The van der Waals surface area contributed by atoms with Gasteiger partial charge in [0.2, 0.25) is 0 Å². The number of nitrogens with zero attached hydrogens (tertiary/aromatic N) is 4. The van der Waals surface area contributed by atoms with Gasteiger partial charge in [0.1, 0.15) is 0 Å². The molecule has 2 aromatic rings. The number of hydrogen-bond acceptors (Lipinski definition) is 4. The fourth-order valence-corrected chi connectivity index (χ4v) is 1.15. The Hall–Kier alpha value is -2.18. The van der Waals surface area contributed by atoms with Crippen LogP contribution in [-0.2, 0) is 13.6 Å². The number of rotatable bonds is 3. The monoisotopic (exact) mass is 206 g/mol. The molecule has 0 aliphatic rings. The molecule has 0 saturated carbocycles. The van der Waals surface area contributed by atoms with E-state index < -0.39 is 0 Å². The Morgan fingerprint density at radius 1 is 1.60 bits per heavy atom. The highest BCUT2D eigenvalue weighted by Crippen LogP contribution is 1.96. The summed E-state index contributed by atoms with van der Waals surface area (Å²) in [6, 6.07) is 0. The van der Waals surface area contributed by atoms with Gasteiger partial charge in [0, 0.05) is 25.4 Å². The van der Waals surface area contributed by atoms with E-state index in [1.54, 1.807) is 10.9 Å². The molecule has 0 aliphatic carbocycles. The van der Waals surface area contributed by atoms with Gasteiger partial charge in [-0.15, -0.1) is 0 Å². The summed E-state index contributed by atoms with van der Waals surface area (Å²) < 4.78 is 1.68. The summed E-state index contributed by atoms with van der Waals surface area (Å²) in [6.45, 7) is 0.430. The van der Waals surface area contributed by atoms with Crippen LogP contribution in [0.5, 0.6) is 0 Å². The molecule has 0 unspecified atom stereocenters. The van der Waals surface area contributed by atoms with Crippen LogP contribution in [-0.4, -0.2) is 31.1 Å². The first-order valence-electron chi connectivity index (χ1n) is 4.37. The first-order chi connectivity index (χ1) is 7.25. The summed E-state index contributed by atoms with van der Waals surface area (Å²) >= 11 is 0. The number of hydrogen-bond donors (Lipinski definition) is 2. The first-order valence-corrected chi connectivity index (χ1v) is 4.37. The largest absolute Gasteiger partial charge is 0.346 e. The summed E-state index contributed by atoms with van der Waals surface area (Å²) in [7, 11) is 1.82. The van der Waals surface area contributed by atoms with Gasteiger partial charge in [-0.05, 0) is 0 Å². The van der Waals surface area contributed by atoms with Gasteiger partial charge in [0.05, 0.1) is 12.4 Å². The van der Waals surface area contributed by atoms with Crippen molar-refractivity contribution in [1.29, 1.82) is 0 Å². The highest BCUT2D eigenvalue weighted by molar-refractivity contribution is 5.91. The van der Waals surface area contributed by atoms with E-state index in [9.17, 15) is 4.79 Å². The zero-order chi connectivity index (χ0) is 10.7. The second-order valence-corrected chi connectivity index (χ2v) is 3.06. The Bertz CT molecular complexity index is 445. The van der Waals surface area contributed by atoms with Gasteiger partial charge >= 0.3 is 0 Å². The van der Waals surface area contributed by atoms with Crippen LogP contribution in [0.15, 0.2) is 18.6 Å². The molecule has 2 heterocycles. The third kappa shape index (κ3) is 2.19. The molecule has 0 saturated heterocycles. The maximum Gasteiger partial charge on any atom is 0.273 e. The number of H-pyrrole nitrogens is 1. The van der Waals surface area contributed by atoms with Crippen molar-refractivity contribution in [3.05, 3.63) is 29.8 Å². The molecule has 15 heavy (non-hydrogen) atoms. The van der Waals surface area contributed by atoms with Crippen molar-refractivity contribution < 1.29 is 4.79 Å². The summed E-state index contributed by atoms with van der Waals surface area (Å²) in [5.74, 6) is -0.257. The van der Waals surface area contributed by atoms with E-state index in [4.69, 9.17) is 0 Å². The normalized spacial score (nSPS) is 10.2. The van der Waals surface area contributed by atoms with Crippen LogP contribution in [0.2, 0.25) is 0 Å². The average Bonchev–Trinajstić information content (AvgIpc) is 2.84. The van der Waals surface area contributed by atoms with E-state index in [0.717, 1.165) is 5.56 Å². The van der Waals surface area contributed by atoms with Crippen LogP contribution in [0.25, 0.3) is 0 Å². The summed E-state index contributed by atoms with van der Waals surface area (Å²) in [5, 5.41) is 16.3. The Morgan fingerprint density at radius 3 is 3.07 bits per heavy atom. The van der Waals surface area contributed by atoms with Crippen molar-refractivity contribution in [2.75, 3.05) is 0 Å². The molecule has 2 rings (SSSR count). The molecule has 0 aromatic carbocycles. The van der Waals surface area contributed by atoms with Crippen molar-refractivity contribution >= 4 is 5.91 Å². The van der Waals surface area contributed by atoms with Gasteiger partial charge in [-0.25, -0.2) is 0 Å². The molecule has 78 valence electrons. The molecule has 0 radical (unpaired) electrons. The summed E-state index contributed by atoms with van der Waals surface area (Å²) in [4.78, 5) is 11.4. The van der Waals surface area contributed by atoms with Crippen LogP contribution in [0.1, 0.15) is 16.1 Å². The Labute approximate surface area is 85.5 Å². The maximum absolute atomic E-state index is 11.4. The van der Waals surface area contributed by atoms with Crippen molar-refractivity contribution in [3.63, 3.8) is 0 Å². The number of aromatic nitrogens is 5. The van der Waals surface area contributed by atoms with Crippen molar-refractivity contribution in [2.45, 2.75) is 6.54 Å². The molecule has 7 heteroatoms. The molecule has 0 fully saturated rings. The number of aromatic amines is 1. The van der Waals surface area contributed by atoms with Gasteiger partial charge in [0.15, 0.2) is 5.69 Å². The third-order valence-electron chi connectivity index (χ3n) is 1.86. The lowest BCUT2D eigenvalue weighted by Gasteiger charge is -1.98. The molecule has 1 amide bonds. The smallest absolute Gasteiger partial charge is 0.273 e. The number of amides is 1. The van der Waals surface area contributed by atoms with Crippen LogP contribution in [0.3, 0.4) is 0 Å². The van der Waals surface area contributed by atoms with Crippen LogP contribution in [0.4, 0.5) is 0 Å². The Balaban J connectivity index is 1.91. The molecule has 2 N–H and O–H groups in total. The lowest BCUT2D eigenvalue weighted by Crippen LogP contribution is -2.22. The molecule has 2 aromatic heterocycles. The topological polar surface area (TPSA) is 88.5 Å². The quantitative estimate of drug-likeness (QED) is 0.706. The minimum atomic E-state index is -0.257. The Kier molecular flexibility index (Phi) is 2.44. The number of aryl methyl sites for hydroxylation is 1. The van der Waals surface area contributed by atoms with Crippen LogP contribution in [0, 0.1) is 0 Å². The highest BCUT2D eigenvalue weighted by atomic mass is 16.1. The standard InChI is InChI=1S/C8H10N6O/c1-14-5-6(3-11-14)2-9-8(15)7-4-10-13-12-7/h3-5H,2H2,1H3,(H,9,15)(H,10,12,13). The fraction of sp³-hybridized carbons (Fsp3) is 0.250. The van der Waals surface area contributed by atoms with Gasteiger partial charge in [0.25, 0.3) is 5.91 Å². The summed E-state index contributed by atoms with van der Waals surface area (Å²) in [5.41, 5.74) is 1.22. The zero-order valence-electron chi connectivity index (χ0n) is 8.14. The second kappa shape index (κ2) is 3.91. The second-order valence-electron chi connectivity index (χ2n) is 3.06. The van der Waals surface area contributed by atoms with Gasteiger partial charge in [-0.1, -0.05) is 0 Å². The molecule has 7 nitrogen and oxygen atoms in total. The third-order valence-corrected chi connectivity index (χ3v) is 1.86. The molecule has 0 spiro atoms. The number of carbonyl (C=O) groups is 1. The predicted octanol–water partition coefficient (Wildman–Crippen LogP) is -0.532. The molecule has 0 aliphatic heterocycles. The van der Waals surface area contributed by atoms with Crippen LogP contribution < -0.4 is 5.32 Å². The van der Waals surface area contributed by atoms with Gasteiger partial charge in [-0.3, -0.25) is 9.48 Å². The summed E-state index contributed by atoms with van der Waals surface area (Å²) in [6.07, 6.45) is 4.91. The maximum atomic E-state index is 11.4. The van der Waals surface area contributed by atoms with E-state index in [2.05, 4.69) is 25.8 Å². The lowest BCUT2D eigenvalue weighted by molar-refractivity contribution is 0.0946. The fourth-order valence-electron chi connectivity index (χ4n) is 1.15. The number of nitrogens with one attached hydrogen (secondary N) is 2. The molecular weight excluding hydrogens is 196 g/mol. The van der Waals surface area contributed by atoms with E-state index in [-0.39, 0.29) is 11.6 Å². The molecular formula is C8H10N6O. The minimum Gasteiger partial charge on any atom is -0.346 e. The number of carbonyl (C=O) groups excluding carboxylic acids is 1. The van der Waals surface area contributed by atoms with E-state index in [0.29, 0.717) is 6.54 Å². The molecule has 0 bridgehead atoms. The predicted molar refractivity (Wildman–Crippen MR) is 50.8 cm³/mol.